The normalized spacial score (nSPS) is 13.6. The lowest BCUT2D eigenvalue weighted by Crippen LogP contribution is -2.44. The highest BCUT2D eigenvalue weighted by Gasteiger charge is 2.28. The molecule has 2 heterocycles. The highest BCUT2D eigenvalue weighted by molar-refractivity contribution is 9.10. The Labute approximate surface area is 170 Å². The smallest absolute Gasteiger partial charge is 0.272 e. The second kappa shape index (κ2) is 7.33. The van der Waals surface area contributed by atoms with Crippen molar-refractivity contribution >= 4 is 33.4 Å². The summed E-state index contributed by atoms with van der Waals surface area (Å²) in [6.07, 6.45) is 0. The number of pyridine rings is 1. The zero-order chi connectivity index (χ0) is 19.0. The average molecular weight is 444 g/mol. The van der Waals surface area contributed by atoms with Crippen molar-refractivity contribution in [1.29, 1.82) is 0 Å². The van der Waals surface area contributed by atoms with Gasteiger partial charge in [-0.25, -0.2) is 0 Å². The molecule has 0 atom stereocenters. The summed E-state index contributed by atoms with van der Waals surface area (Å²) in [4.78, 5) is 26.9. The van der Waals surface area contributed by atoms with Crippen LogP contribution in [0.15, 0.2) is 69.9 Å². The van der Waals surface area contributed by atoms with Crippen LogP contribution in [-0.2, 0) is 13.1 Å². The Morgan fingerprint density at radius 1 is 0.926 bits per heavy atom. The first-order valence-corrected chi connectivity index (χ1v) is 9.74. The molecule has 0 spiro atoms. The number of fused-ring (bicyclic) bond motifs is 1. The third kappa shape index (κ3) is 3.45. The van der Waals surface area contributed by atoms with E-state index in [1.807, 2.05) is 30.3 Å². The number of carbonyl (C=O) groups is 1. The van der Waals surface area contributed by atoms with E-state index in [2.05, 4.69) is 40.2 Å². The summed E-state index contributed by atoms with van der Waals surface area (Å²) < 4.78 is 1.82. The van der Waals surface area contributed by atoms with Crippen molar-refractivity contribution in [2.75, 3.05) is 6.54 Å². The predicted octanol–water partition coefficient (Wildman–Crippen LogP) is 4.59. The standard InChI is InChI=1S/C21H16BrClN2O2/c22-17-12-18(23)19-21(27)24(9-10-25(19)20(17)26)13-14-5-4-8-16(11-14)15-6-2-1-3-7-15/h1-8,11-12H,9-10,13H2. The number of hydrogen-bond acceptors (Lipinski definition) is 2. The minimum Gasteiger partial charge on any atom is -0.331 e. The number of hydrogen-bond donors (Lipinski definition) is 0. The Morgan fingerprint density at radius 3 is 2.44 bits per heavy atom. The second-order valence-corrected chi connectivity index (χ2v) is 7.70. The van der Waals surface area contributed by atoms with E-state index in [-0.39, 0.29) is 22.2 Å². The Bertz CT molecular complexity index is 1080. The van der Waals surface area contributed by atoms with E-state index < -0.39 is 0 Å². The number of carbonyl (C=O) groups excluding carboxylic acids is 1. The molecule has 27 heavy (non-hydrogen) atoms. The van der Waals surface area contributed by atoms with Gasteiger partial charge in [-0.3, -0.25) is 14.2 Å². The van der Waals surface area contributed by atoms with Crippen molar-refractivity contribution < 1.29 is 4.79 Å². The van der Waals surface area contributed by atoms with Crippen molar-refractivity contribution in [3.8, 4) is 11.1 Å². The highest BCUT2D eigenvalue weighted by Crippen LogP contribution is 2.25. The van der Waals surface area contributed by atoms with Crippen LogP contribution in [0.4, 0.5) is 0 Å². The highest BCUT2D eigenvalue weighted by atomic mass is 79.9. The molecule has 136 valence electrons. The Hall–Kier alpha value is -2.37. The van der Waals surface area contributed by atoms with Crippen LogP contribution in [0.1, 0.15) is 16.1 Å². The molecule has 0 saturated carbocycles. The largest absolute Gasteiger partial charge is 0.331 e. The van der Waals surface area contributed by atoms with Gasteiger partial charge in [-0.2, -0.15) is 0 Å². The van der Waals surface area contributed by atoms with Gasteiger partial charge in [0.15, 0.2) is 0 Å². The van der Waals surface area contributed by atoms with E-state index >= 15 is 0 Å². The maximum absolute atomic E-state index is 12.9. The Balaban J connectivity index is 1.63. The van der Waals surface area contributed by atoms with E-state index in [0.29, 0.717) is 24.1 Å². The van der Waals surface area contributed by atoms with Crippen LogP contribution in [0, 0.1) is 0 Å². The summed E-state index contributed by atoms with van der Waals surface area (Å²) in [6, 6.07) is 19.8. The monoisotopic (exact) mass is 442 g/mol. The molecular formula is C21H16BrClN2O2. The summed E-state index contributed by atoms with van der Waals surface area (Å²) in [5, 5.41) is 0.286. The number of nitrogens with zero attached hydrogens (tertiary/aromatic N) is 2. The number of benzene rings is 2. The van der Waals surface area contributed by atoms with Crippen LogP contribution in [-0.4, -0.2) is 21.9 Å². The molecule has 0 radical (unpaired) electrons. The van der Waals surface area contributed by atoms with Crippen LogP contribution in [0.25, 0.3) is 11.1 Å². The van der Waals surface area contributed by atoms with E-state index in [9.17, 15) is 9.59 Å². The van der Waals surface area contributed by atoms with Crippen molar-refractivity contribution in [2.45, 2.75) is 13.1 Å². The maximum atomic E-state index is 12.9. The van der Waals surface area contributed by atoms with Gasteiger partial charge in [0, 0.05) is 19.6 Å². The van der Waals surface area contributed by atoms with Gasteiger partial charge < -0.3 is 4.90 Å². The molecule has 1 aliphatic heterocycles. The molecule has 3 aromatic rings. The lowest BCUT2D eigenvalue weighted by atomic mass is 10.0. The molecule has 4 rings (SSSR count). The first-order valence-electron chi connectivity index (χ1n) is 8.57. The van der Waals surface area contributed by atoms with Gasteiger partial charge in [-0.1, -0.05) is 60.1 Å². The molecule has 2 aromatic carbocycles. The first-order chi connectivity index (χ1) is 13.0. The summed E-state index contributed by atoms with van der Waals surface area (Å²) in [7, 11) is 0. The molecule has 0 N–H and O–H groups in total. The van der Waals surface area contributed by atoms with E-state index in [0.717, 1.165) is 16.7 Å². The zero-order valence-corrected chi connectivity index (χ0v) is 16.7. The fraction of sp³-hybridized carbons (Fsp3) is 0.143. The summed E-state index contributed by atoms with van der Waals surface area (Å²) >= 11 is 9.45. The van der Waals surface area contributed by atoms with Gasteiger partial charge in [0.05, 0.1) is 9.50 Å². The quantitative estimate of drug-likeness (QED) is 0.594. The molecule has 1 aromatic heterocycles. The van der Waals surface area contributed by atoms with Crippen molar-refractivity contribution in [2.24, 2.45) is 0 Å². The molecule has 0 saturated heterocycles. The van der Waals surface area contributed by atoms with Crippen LogP contribution in [0.5, 0.6) is 0 Å². The van der Waals surface area contributed by atoms with Gasteiger partial charge in [0.1, 0.15) is 5.69 Å². The van der Waals surface area contributed by atoms with E-state index in [4.69, 9.17) is 11.6 Å². The summed E-state index contributed by atoms with van der Waals surface area (Å²) in [6.45, 7) is 1.37. The second-order valence-electron chi connectivity index (χ2n) is 6.44. The minimum absolute atomic E-state index is 0.221. The molecule has 0 aliphatic carbocycles. The van der Waals surface area contributed by atoms with Crippen molar-refractivity contribution in [3.63, 3.8) is 0 Å². The van der Waals surface area contributed by atoms with Crippen molar-refractivity contribution in [3.05, 3.63) is 91.8 Å². The maximum Gasteiger partial charge on any atom is 0.272 e. The first kappa shape index (κ1) is 18.0. The number of rotatable bonds is 3. The molecule has 0 fully saturated rings. The van der Waals surface area contributed by atoms with Gasteiger partial charge in [-0.15, -0.1) is 0 Å². The fourth-order valence-corrected chi connectivity index (χ4v) is 4.22. The lowest BCUT2D eigenvalue weighted by Gasteiger charge is -2.30. The third-order valence-electron chi connectivity index (χ3n) is 4.69. The summed E-state index contributed by atoms with van der Waals surface area (Å²) in [5.41, 5.74) is 3.31. The zero-order valence-electron chi connectivity index (χ0n) is 14.4. The van der Waals surface area contributed by atoms with Gasteiger partial charge >= 0.3 is 0 Å². The average Bonchev–Trinajstić information content (AvgIpc) is 2.68. The van der Waals surface area contributed by atoms with Crippen molar-refractivity contribution in [1.82, 2.24) is 9.47 Å². The molecule has 0 unspecified atom stereocenters. The van der Waals surface area contributed by atoms with E-state index in [1.165, 1.54) is 10.6 Å². The molecule has 0 bridgehead atoms. The molecule has 1 aliphatic rings. The van der Waals surface area contributed by atoms with Crippen LogP contribution >= 0.6 is 27.5 Å². The fourth-order valence-electron chi connectivity index (χ4n) is 3.35. The van der Waals surface area contributed by atoms with Gasteiger partial charge in [-0.05, 0) is 44.8 Å². The van der Waals surface area contributed by atoms with Gasteiger partial charge in [0.25, 0.3) is 11.5 Å². The summed E-state index contributed by atoms with van der Waals surface area (Å²) in [5.74, 6) is -0.221. The van der Waals surface area contributed by atoms with Crippen LogP contribution in [0.3, 0.4) is 0 Å². The molecular weight excluding hydrogens is 428 g/mol. The molecule has 6 heteroatoms. The molecule has 1 amide bonds. The van der Waals surface area contributed by atoms with E-state index in [1.54, 1.807) is 4.90 Å². The lowest BCUT2D eigenvalue weighted by molar-refractivity contribution is 0.0686. The number of aromatic nitrogens is 1. The van der Waals surface area contributed by atoms with Crippen LogP contribution < -0.4 is 5.56 Å². The molecule has 4 nitrogen and oxygen atoms in total. The van der Waals surface area contributed by atoms with Gasteiger partial charge in [0.2, 0.25) is 0 Å². The third-order valence-corrected chi connectivity index (χ3v) is 5.55. The number of halogens is 2. The minimum atomic E-state index is -0.228. The number of amides is 1. The topological polar surface area (TPSA) is 42.3 Å². The van der Waals surface area contributed by atoms with Crippen LogP contribution in [0.2, 0.25) is 5.02 Å². The SMILES string of the molecule is O=C1c2c(Cl)cc(Br)c(=O)n2CCN1Cc1cccc(-c2ccccc2)c1. The Morgan fingerprint density at radius 2 is 1.67 bits per heavy atom. The predicted molar refractivity (Wildman–Crippen MR) is 110 cm³/mol. The Kier molecular flexibility index (Phi) is 4.89.